The molecule has 0 heterocycles. The second kappa shape index (κ2) is 7.38. The molecule has 1 rings (SSSR count). The van der Waals surface area contributed by atoms with Crippen LogP contribution in [0.4, 0.5) is 0 Å². The highest BCUT2D eigenvalue weighted by Gasteiger charge is 2.13. The normalized spacial score (nSPS) is 12.2. The highest BCUT2D eigenvalue weighted by Crippen LogP contribution is 2.17. The number of methoxy groups -OCH3 is 1. The van der Waals surface area contributed by atoms with E-state index in [2.05, 4.69) is 21.2 Å². The van der Waals surface area contributed by atoms with Crippen molar-refractivity contribution in [1.82, 2.24) is 5.32 Å². The molecule has 0 aliphatic rings. The van der Waals surface area contributed by atoms with Crippen LogP contribution in [0.5, 0.6) is 5.75 Å². The molecule has 4 nitrogen and oxygen atoms in total. The van der Waals surface area contributed by atoms with Crippen LogP contribution in [-0.2, 0) is 4.74 Å². The van der Waals surface area contributed by atoms with E-state index in [1.54, 1.807) is 26.2 Å². The van der Waals surface area contributed by atoms with E-state index in [1.165, 1.54) is 6.07 Å². The van der Waals surface area contributed by atoms with Gasteiger partial charge in [0.05, 0.1) is 12.6 Å². The predicted molar refractivity (Wildman–Crippen MR) is 74.4 cm³/mol. The summed E-state index contributed by atoms with van der Waals surface area (Å²) in [6.45, 7) is 2.24. The van der Waals surface area contributed by atoms with E-state index in [0.717, 1.165) is 11.8 Å². The number of carbonyl (C=O) groups excluding carboxylic acids is 1. The number of rotatable bonds is 6. The number of phenolic OH excluding ortho intramolecular Hbond substituents is 1. The third-order valence-electron chi connectivity index (χ3n) is 2.62. The fraction of sp³-hybridized carbons (Fsp3) is 0.462. The van der Waals surface area contributed by atoms with Gasteiger partial charge in [0.15, 0.2) is 0 Å². The van der Waals surface area contributed by atoms with Crippen molar-refractivity contribution in [2.75, 3.05) is 19.0 Å². The van der Waals surface area contributed by atoms with E-state index in [9.17, 15) is 9.90 Å². The molecule has 0 radical (unpaired) electrons. The maximum Gasteiger partial charge on any atom is 0.251 e. The van der Waals surface area contributed by atoms with E-state index in [-0.39, 0.29) is 17.7 Å². The van der Waals surface area contributed by atoms with Crippen molar-refractivity contribution in [3.05, 3.63) is 29.3 Å². The molecular formula is C13H18BrNO3. The number of carbonyl (C=O) groups is 1. The van der Waals surface area contributed by atoms with Gasteiger partial charge >= 0.3 is 0 Å². The number of phenols is 1. The maximum atomic E-state index is 12.0. The van der Waals surface area contributed by atoms with Crippen molar-refractivity contribution < 1.29 is 14.6 Å². The van der Waals surface area contributed by atoms with Gasteiger partial charge in [0.25, 0.3) is 5.91 Å². The topological polar surface area (TPSA) is 58.6 Å². The van der Waals surface area contributed by atoms with Gasteiger partial charge in [-0.25, -0.2) is 0 Å². The molecular weight excluding hydrogens is 298 g/mol. The first-order chi connectivity index (χ1) is 8.58. The molecule has 1 amide bonds. The summed E-state index contributed by atoms with van der Waals surface area (Å²) in [5.74, 6) is 0.0431. The SMILES string of the molecule is COCC(CCBr)NC(=O)c1ccc(O)c(C)c1. The Hall–Kier alpha value is -1.07. The average Bonchev–Trinajstić information content (AvgIpc) is 2.33. The summed E-state index contributed by atoms with van der Waals surface area (Å²) in [5, 5.41) is 13.1. The van der Waals surface area contributed by atoms with E-state index in [4.69, 9.17) is 4.74 Å². The molecule has 1 atom stereocenters. The highest BCUT2D eigenvalue weighted by molar-refractivity contribution is 9.09. The van der Waals surface area contributed by atoms with E-state index < -0.39 is 0 Å². The fourth-order valence-electron chi connectivity index (χ4n) is 1.60. The van der Waals surface area contributed by atoms with Crippen LogP contribution in [0.3, 0.4) is 0 Å². The third kappa shape index (κ3) is 4.31. The minimum atomic E-state index is -0.152. The predicted octanol–water partition coefficient (Wildman–Crippen LogP) is 2.23. The Balaban J connectivity index is 2.70. The zero-order valence-corrected chi connectivity index (χ0v) is 12.2. The number of aryl methyl sites for hydroxylation is 1. The summed E-state index contributed by atoms with van der Waals surface area (Å²) in [6, 6.07) is 4.79. The Kier molecular flexibility index (Phi) is 6.15. The van der Waals surface area contributed by atoms with Crippen LogP contribution in [0.15, 0.2) is 18.2 Å². The molecule has 1 unspecified atom stereocenters. The van der Waals surface area contributed by atoms with Gasteiger partial charge in [-0.3, -0.25) is 4.79 Å². The molecule has 2 N–H and O–H groups in total. The second-order valence-electron chi connectivity index (χ2n) is 4.10. The van der Waals surface area contributed by atoms with Gasteiger partial charge in [-0.15, -0.1) is 0 Å². The first-order valence-corrected chi connectivity index (χ1v) is 6.86. The van der Waals surface area contributed by atoms with Crippen LogP contribution in [0, 0.1) is 6.92 Å². The molecule has 1 aromatic carbocycles. The van der Waals surface area contributed by atoms with Crippen LogP contribution < -0.4 is 5.32 Å². The quantitative estimate of drug-likeness (QED) is 0.791. The Morgan fingerprint density at radius 3 is 2.83 bits per heavy atom. The van der Waals surface area contributed by atoms with Crippen molar-refractivity contribution in [3.8, 4) is 5.75 Å². The van der Waals surface area contributed by atoms with Crippen molar-refractivity contribution in [2.24, 2.45) is 0 Å². The summed E-state index contributed by atoms with van der Waals surface area (Å²) in [7, 11) is 1.61. The number of amides is 1. The molecule has 0 fully saturated rings. The fourth-order valence-corrected chi connectivity index (χ4v) is 2.15. The monoisotopic (exact) mass is 315 g/mol. The Morgan fingerprint density at radius 2 is 2.28 bits per heavy atom. The second-order valence-corrected chi connectivity index (χ2v) is 4.90. The molecule has 1 aromatic rings. The summed E-state index contributed by atoms with van der Waals surface area (Å²) in [6.07, 6.45) is 0.802. The smallest absolute Gasteiger partial charge is 0.251 e. The van der Waals surface area contributed by atoms with Crippen LogP contribution in [0.25, 0.3) is 0 Å². The number of ether oxygens (including phenoxy) is 1. The lowest BCUT2D eigenvalue weighted by molar-refractivity contribution is 0.0895. The molecule has 0 saturated heterocycles. The Bertz CT molecular complexity index is 403. The van der Waals surface area contributed by atoms with E-state index in [0.29, 0.717) is 17.7 Å². The molecule has 0 saturated carbocycles. The number of hydrogen-bond acceptors (Lipinski definition) is 3. The average molecular weight is 316 g/mol. The first kappa shape index (κ1) is 15.0. The van der Waals surface area contributed by atoms with Crippen molar-refractivity contribution in [3.63, 3.8) is 0 Å². The maximum absolute atomic E-state index is 12.0. The van der Waals surface area contributed by atoms with E-state index >= 15 is 0 Å². The standard InChI is InChI=1S/C13H18BrNO3/c1-9-7-10(3-4-12(9)16)13(17)15-11(5-6-14)8-18-2/h3-4,7,11,16H,5-6,8H2,1-2H3,(H,15,17). The minimum absolute atomic E-state index is 0.0176. The Morgan fingerprint density at radius 1 is 1.56 bits per heavy atom. The molecule has 5 heteroatoms. The lowest BCUT2D eigenvalue weighted by Gasteiger charge is -2.17. The zero-order valence-electron chi connectivity index (χ0n) is 10.6. The largest absolute Gasteiger partial charge is 0.508 e. The summed E-state index contributed by atoms with van der Waals surface area (Å²) >= 11 is 3.35. The molecule has 0 aromatic heterocycles. The van der Waals surface area contributed by atoms with Crippen molar-refractivity contribution >= 4 is 21.8 Å². The summed E-state index contributed by atoms with van der Waals surface area (Å²) < 4.78 is 5.06. The van der Waals surface area contributed by atoms with Crippen LogP contribution in [-0.4, -0.2) is 36.1 Å². The van der Waals surface area contributed by atoms with Gasteiger partial charge in [-0.1, -0.05) is 15.9 Å². The van der Waals surface area contributed by atoms with Crippen LogP contribution >= 0.6 is 15.9 Å². The first-order valence-electron chi connectivity index (χ1n) is 5.74. The van der Waals surface area contributed by atoms with Crippen LogP contribution in [0.1, 0.15) is 22.3 Å². The number of halogens is 1. The van der Waals surface area contributed by atoms with Crippen molar-refractivity contribution in [1.29, 1.82) is 0 Å². The third-order valence-corrected chi connectivity index (χ3v) is 3.08. The highest BCUT2D eigenvalue weighted by atomic mass is 79.9. The number of hydrogen-bond donors (Lipinski definition) is 2. The molecule has 0 aliphatic heterocycles. The number of benzene rings is 1. The van der Waals surface area contributed by atoms with Gasteiger partial charge in [0.1, 0.15) is 5.75 Å². The van der Waals surface area contributed by atoms with Crippen molar-refractivity contribution in [2.45, 2.75) is 19.4 Å². The number of nitrogens with one attached hydrogen (secondary N) is 1. The van der Waals surface area contributed by atoms with Gasteiger partial charge in [0, 0.05) is 18.0 Å². The van der Waals surface area contributed by atoms with Gasteiger partial charge in [-0.2, -0.15) is 0 Å². The lowest BCUT2D eigenvalue weighted by Crippen LogP contribution is -2.38. The molecule has 18 heavy (non-hydrogen) atoms. The summed E-state index contributed by atoms with van der Waals surface area (Å²) in [5.41, 5.74) is 1.23. The number of aromatic hydroxyl groups is 1. The van der Waals surface area contributed by atoms with E-state index in [1.807, 2.05) is 0 Å². The molecule has 100 valence electrons. The summed E-state index contributed by atoms with van der Waals surface area (Å²) in [4.78, 5) is 12.0. The lowest BCUT2D eigenvalue weighted by atomic mass is 10.1. The van der Waals surface area contributed by atoms with Gasteiger partial charge in [-0.05, 0) is 37.1 Å². The van der Waals surface area contributed by atoms with Gasteiger partial charge in [0.2, 0.25) is 0 Å². The molecule has 0 aliphatic carbocycles. The minimum Gasteiger partial charge on any atom is -0.508 e. The molecule has 0 spiro atoms. The van der Waals surface area contributed by atoms with Crippen LogP contribution in [0.2, 0.25) is 0 Å². The molecule has 0 bridgehead atoms. The van der Waals surface area contributed by atoms with Gasteiger partial charge < -0.3 is 15.2 Å². The number of alkyl halides is 1. The zero-order chi connectivity index (χ0) is 13.5. The Labute approximate surface area is 115 Å².